The Morgan fingerprint density at radius 2 is 1.08 bits per heavy atom. The molecular weight excluding hydrogens is 508 g/mol. The predicted molar refractivity (Wildman–Crippen MR) is 100 cm³/mol. The Balaban J connectivity index is 0.000000469. The maximum atomic E-state index is 10.9. The van der Waals surface area contributed by atoms with E-state index < -0.39 is 0 Å². The molecule has 26 heavy (non-hydrogen) atoms. The summed E-state index contributed by atoms with van der Waals surface area (Å²) < 4.78 is 0. The fourth-order valence-corrected chi connectivity index (χ4v) is 2.52. The van der Waals surface area contributed by atoms with Crippen LogP contribution >= 0.6 is 0 Å². The number of nitrogens with zero attached hydrogens (tertiary/aromatic N) is 2. The van der Waals surface area contributed by atoms with Crippen LogP contribution in [0.15, 0.2) is 46.0 Å². The molecule has 0 bridgehead atoms. The van der Waals surface area contributed by atoms with Gasteiger partial charge >= 0.3 is 20.1 Å². The van der Waals surface area contributed by atoms with E-state index in [1.165, 1.54) is 39.9 Å². The number of aromatic nitrogens is 2. The number of rotatable bonds is 1. The van der Waals surface area contributed by atoms with Crippen LogP contribution in [-0.2, 0) is 20.1 Å². The monoisotopic (exact) mass is 532 g/mol. The van der Waals surface area contributed by atoms with E-state index in [1.54, 1.807) is 24.3 Å². The van der Waals surface area contributed by atoms with Gasteiger partial charge in [0.25, 0.3) is 0 Å². The Hall–Kier alpha value is -2.14. The van der Waals surface area contributed by atoms with Gasteiger partial charge in [0.2, 0.25) is 0 Å². The second-order valence-corrected chi connectivity index (χ2v) is 5.85. The van der Waals surface area contributed by atoms with Gasteiger partial charge in [-0.3, -0.25) is 0 Å². The first kappa shape index (κ1) is 23.9. The first-order chi connectivity index (χ1) is 11.3. The average Bonchev–Trinajstić information content (AvgIpc) is 2.73. The van der Waals surface area contributed by atoms with Gasteiger partial charge in [0.05, 0.1) is 11.1 Å². The number of pyridine rings is 2. The van der Waals surface area contributed by atoms with Crippen molar-refractivity contribution in [2.75, 3.05) is 0 Å². The van der Waals surface area contributed by atoms with Crippen molar-refractivity contribution in [2.45, 2.75) is 34.6 Å². The first-order valence-electron chi connectivity index (χ1n) is 7.79. The van der Waals surface area contributed by atoms with E-state index in [4.69, 9.17) is 0 Å². The summed E-state index contributed by atoms with van der Waals surface area (Å²) in [5.41, 5.74) is 7.52. The zero-order chi connectivity index (χ0) is 17.9. The molecule has 5 nitrogen and oxygen atoms in total. The first-order valence-corrected chi connectivity index (χ1v) is 7.79. The Morgan fingerprint density at radius 1 is 0.731 bits per heavy atom. The van der Waals surface area contributed by atoms with Crippen LogP contribution in [0.5, 0.6) is 0 Å². The summed E-state index contributed by atoms with van der Waals surface area (Å²) in [6, 6.07) is 9.16. The fraction of sp³-hybridized carbons (Fsp3) is 0.250. The van der Waals surface area contributed by atoms with Crippen molar-refractivity contribution < 1.29 is 25.6 Å². The molecule has 0 radical (unpaired) electrons. The summed E-state index contributed by atoms with van der Waals surface area (Å²) in [6.45, 7) is 11.0. The minimum Gasteiger partial charge on any atom is -0.624 e. The number of hydrogen-bond donors (Lipinski definition) is 0. The van der Waals surface area contributed by atoms with Crippen LogP contribution in [0.25, 0.3) is 11.4 Å². The van der Waals surface area contributed by atoms with E-state index in [9.17, 15) is 9.59 Å². The third-order valence-electron chi connectivity index (χ3n) is 4.52. The second kappa shape index (κ2) is 10.1. The van der Waals surface area contributed by atoms with Gasteiger partial charge in [-0.2, -0.15) is 27.8 Å². The van der Waals surface area contributed by atoms with E-state index in [-0.39, 0.29) is 36.7 Å². The smallest absolute Gasteiger partial charge is 0.624 e. The zero-order valence-electron chi connectivity index (χ0n) is 15.5. The van der Waals surface area contributed by atoms with Crippen molar-refractivity contribution in [1.82, 2.24) is 9.97 Å². The van der Waals surface area contributed by atoms with Crippen LogP contribution in [-0.4, -0.2) is 5.48 Å². The number of hydrogen-bond acceptors (Lipinski definition) is 2. The van der Waals surface area contributed by atoms with Crippen LogP contribution in [0, 0.1) is 34.6 Å². The second-order valence-electron chi connectivity index (χ2n) is 5.85. The maximum absolute atomic E-state index is 10.9. The standard InChI is InChI=1S/C10H8N2O2.C10H15.Ir.H2O/c13-9-5-1-3-7(11-9)8-4-2-6-10(14)12-8;1-6-7(2)9(4)10(5)8(6)3;;/h1-6H,(H2,11,12,13,14);1-5H3;;1H2/q;-1;+3;/p-2. The summed E-state index contributed by atoms with van der Waals surface area (Å²) in [6.07, 6.45) is 0. The quantitative estimate of drug-likeness (QED) is 0.450. The molecule has 2 N–H and O–H groups in total. The summed E-state index contributed by atoms with van der Waals surface area (Å²) in [5, 5.41) is 0. The van der Waals surface area contributed by atoms with Crippen molar-refractivity contribution in [3.8, 4) is 11.4 Å². The normalized spacial score (nSPS) is 9.42. The summed E-state index contributed by atoms with van der Waals surface area (Å²) in [4.78, 5) is 29.3. The minimum atomic E-state index is -0.333. The van der Waals surface area contributed by atoms with Crippen molar-refractivity contribution in [3.05, 3.63) is 84.9 Å². The Bertz CT molecular complexity index is 836. The molecule has 2 aromatic heterocycles. The van der Waals surface area contributed by atoms with E-state index in [2.05, 4.69) is 44.6 Å². The van der Waals surface area contributed by atoms with Gasteiger partial charge in [-0.15, -0.1) is 11.4 Å². The topological polar surface area (TPSA) is 93.8 Å². The molecular formula is C20H23IrN2O3. The van der Waals surface area contributed by atoms with Crippen molar-refractivity contribution in [3.63, 3.8) is 0 Å². The van der Waals surface area contributed by atoms with Gasteiger partial charge in [0.15, 0.2) is 0 Å². The van der Waals surface area contributed by atoms with E-state index in [0.29, 0.717) is 11.4 Å². The predicted octanol–water partition coefficient (Wildman–Crippen LogP) is 2.11. The molecule has 0 aliphatic carbocycles. The summed E-state index contributed by atoms with van der Waals surface area (Å²) in [5.74, 6) is 0. The summed E-state index contributed by atoms with van der Waals surface area (Å²) >= 11 is 0. The SMILES string of the molecule is Cc1c(C)c(C)[c-](C)c1C.O.O=c1cccc(-c2cccc(=O)[n-]2)[n-]1.[Ir+3]. The van der Waals surface area contributed by atoms with Crippen LogP contribution < -0.4 is 21.1 Å². The van der Waals surface area contributed by atoms with Gasteiger partial charge < -0.3 is 25.0 Å². The maximum Gasteiger partial charge on any atom is 3.00 e. The van der Waals surface area contributed by atoms with Crippen molar-refractivity contribution in [1.29, 1.82) is 0 Å². The fourth-order valence-electron chi connectivity index (χ4n) is 2.52. The van der Waals surface area contributed by atoms with Gasteiger partial charge in [-0.25, -0.2) is 0 Å². The van der Waals surface area contributed by atoms with Crippen molar-refractivity contribution >= 4 is 0 Å². The molecule has 0 spiro atoms. The molecule has 0 amide bonds. The van der Waals surface area contributed by atoms with Crippen molar-refractivity contribution in [2.24, 2.45) is 0 Å². The molecule has 6 heteroatoms. The third-order valence-corrected chi connectivity index (χ3v) is 4.52. The molecule has 140 valence electrons. The van der Waals surface area contributed by atoms with Gasteiger partial charge in [-0.1, -0.05) is 58.9 Å². The molecule has 0 unspecified atom stereocenters. The molecule has 1 aromatic carbocycles. The average molecular weight is 532 g/mol. The largest absolute Gasteiger partial charge is 3.00 e. The van der Waals surface area contributed by atoms with Crippen LogP contribution in [0.2, 0.25) is 0 Å². The molecule has 3 aromatic rings. The van der Waals surface area contributed by atoms with Crippen LogP contribution in [0.3, 0.4) is 0 Å². The van der Waals surface area contributed by atoms with Gasteiger partial charge in [0.1, 0.15) is 0 Å². The molecule has 3 rings (SSSR count). The van der Waals surface area contributed by atoms with Gasteiger partial charge in [0, 0.05) is 0 Å². The Labute approximate surface area is 166 Å². The molecule has 0 aliphatic rings. The Morgan fingerprint density at radius 3 is 1.31 bits per heavy atom. The van der Waals surface area contributed by atoms with Crippen LogP contribution in [0.4, 0.5) is 0 Å². The van der Waals surface area contributed by atoms with E-state index in [1.807, 2.05) is 0 Å². The molecule has 0 saturated heterocycles. The van der Waals surface area contributed by atoms with Gasteiger partial charge in [-0.05, 0) is 12.1 Å². The molecule has 0 saturated carbocycles. The minimum absolute atomic E-state index is 0. The molecule has 0 fully saturated rings. The summed E-state index contributed by atoms with van der Waals surface area (Å²) in [7, 11) is 0. The molecule has 0 atom stereocenters. The van der Waals surface area contributed by atoms with Crippen LogP contribution in [0.1, 0.15) is 27.8 Å². The van der Waals surface area contributed by atoms with E-state index in [0.717, 1.165) is 0 Å². The molecule has 2 heterocycles. The molecule has 0 aliphatic heterocycles. The third kappa shape index (κ3) is 5.43. The Kier molecular flexibility index (Phi) is 9.28. The zero-order valence-corrected chi connectivity index (χ0v) is 17.9. The van der Waals surface area contributed by atoms with E-state index >= 15 is 0 Å².